The number of hydrogen-bond acceptors (Lipinski definition) is 2. The second kappa shape index (κ2) is 5.39. The van der Waals surface area contributed by atoms with Gasteiger partial charge >= 0.3 is 0 Å². The number of halogens is 1. The Labute approximate surface area is 101 Å². The summed E-state index contributed by atoms with van der Waals surface area (Å²) in [6.07, 6.45) is 3.04. The van der Waals surface area contributed by atoms with Gasteiger partial charge in [-0.3, -0.25) is 4.79 Å². The van der Waals surface area contributed by atoms with Crippen LogP contribution in [-0.4, -0.2) is 17.3 Å². The normalized spacial score (nSPS) is 14.5. The Morgan fingerprint density at radius 1 is 1.56 bits per heavy atom. The zero-order valence-electron chi connectivity index (χ0n) is 9.97. The van der Waals surface area contributed by atoms with Crippen LogP contribution in [0.1, 0.15) is 43.3 Å². The molecule has 0 radical (unpaired) electrons. The molecule has 0 saturated heterocycles. The SMILES string of the molecule is CCc1occc1C(=O)NC(C)(CC)CCl. The lowest BCUT2D eigenvalue weighted by atomic mass is 10.0. The first kappa shape index (κ1) is 13.1. The molecule has 0 saturated carbocycles. The number of carbonyl (C=O) groups excluding carboxylic acids is 1. The van der Waals surface area contributed by atoms with E-state index in [4.69, 9.17) is 16.0 Å². The van der Waals surface area contributed by atoms with Gasteiger partial charge in [0.05, 0.1) is 17.4 Å². The first-order valence-corrected chi connectivity index (χ1v) is 6.04. The van der Waals surface area contributed by atoms with Gasteiger partial charge in [-0.1, -0.05) is 13.8 Å². The summed E-state index contributed by atoms with van der Waals surface area (Å²) in [6.45, 7) is 5.89. The summed E-state index contributed by atoms with van der Waals surface area (Å²) < 4.78 is 5.22. The standard InChI is InChI=1S/C12H18ClNO2/c1-4-10-9(6-7-16-10)11(15)14-12(3,5-2)8-13/h6-7H,4-5,8H2,1-3H3,(H,14,15). The van der Waals surface area contributed by atoms with Gasteiger partial charge in [0.25, 0.3) is 5.91 Å². The third-order valence-electron chi connectivity index (χ3n) is 2.80. The molecule has 90 valence electrons. The molecule has 0 aliphatic rings. The molecule has 1 rings (SSSR count). The lowest BCUT2D eigenvalue weighted by Crippen LogP contribution is -2.47. The molecule has 3 nitrogen and oxygen atoms in total. The number of furan rings is 1. The molecule has 0 aromatic carbocycles. The van der Waals surface area contributed by atoms with E-state index in [-0.39, 0.29) is 11.4 Å². The largest absolute Gasteiger partial charge is 0.469 e. The topological polar surface area (TPSA) is 42.2 Å². The summed E-state index contributed by atoms with van der Waals surface area (Å²) >= 11 is 5.85. The third-order valence-corrected chi connectivity index (χ3v) is 3.39. The van der Waals surface area contributed by atoms with Crippen LogP contribution in [-0.2, 0) is 6.42 Å². The number of nitrogens with one attached hydrogen (secondary N) is 1. The van der Waals surface area contributed by atoms with Crippen LogP contribution < -0.4 is 5.32 Å². The van der Waals surface area contributed by atoms with Gasteiger partial charge in [0.15, 0.2) is 0 Å². The molecule has 0 aliphatic carbocycles. The van der Waals surface area contributed by atoms with Gasteiger partial charge in [0, 0.05) is 12.3 Å². The zero-order valence-corrected chi connectivity index (χ0v) is 10.7. The molecule has 1 unspecified atom stereocenters. The summed E-state index contributed by atoms with van der Waals surface area (Å²) in [6, 6.07) is 1.69. The molecule has 1 amide bonds. The summed E-state index contributed by atoms with van der Waals surface area (Å²) in [5.74, 6) is 0.996. The highest BCUT2D eigenvalue weighted by atomic mass is 35.5. The van der Waals surface area contributed by atoms with Gasteiger partial charge in [-0.2, -0.15) is 0 Å². The lowest BCUT2D eigenvalue weighted by molar-refractivity contribution is 0.0910. The van der Waals surface area contributed by atoms with Crippen molar-refractivity contribution in [3.63, 3.8) is 0 Å². The maximum absolute atomic E-state index is 12.0. The molecule has 1 atom stereocenters. The Hall–Kier alpha value is -0.960. The summed E-state index contributed by atoms with van der Waals surface area (Å²) in [5, 5.41) is 2.94. The van der Waals surface area contributed by atoms with Gasteiger partial charge in [-0.05, 0) is 19.4 Å². The van der Waals surface area contributed by atoms with Crippen molar-refractivity contribution >= 4 is 17.5 Å². The Kier molecular flexibility index (Phi) is 4.42. The minimum Gasteiger partial charge on any atom is -0.469 e. The smallest absolute Gasteiger partial charge is 0.255 e. The maximum atomic E-state index is 12.0. The van der Waals surface area contributed by atoms with E-state index in [1.54, 1.807) is 6.07 Å². The van der Waals surface area contributed by atoms with Crippen molar-refractivity contribution < 1.29 is 9.21 Å². The summed E-state index contributed by atoms with van der Waals surface area (Å²) in [7, 11) is 0. The van der Waals surface area contributed by atoms with Crippen LogP contribution in [0.3, 0.4) is 0 Å². The highest BCUT2D eigenvalue weighted by Crippen LogP contribution is 2.16. The zero-order chi connectivity index (χ0) is 12.2. The highest BCUT2D eigenvalue weighted by molar-refractivity contribution is 6.18. The average Bonchev–Trinajstić information content (AvgIpc) is 2.76. The molecule has 1 aromatic rings. The fourth-order valence-electron chi connectivity index (χ4n) is 1.37. The molecule has 0 spiro atoms. The first-order chi connectivity index (χ1) is 7.56. The monoisotopic (exact) mass is 243 g/mol. The van der Waals surface area contributed by atoms with Crippen molar-refractivity contribution in [1.82, 2.24) is 5.32 Å². The van der Waals surface area contributed by atoms with E-state index >= 15 is 0 Å². The van der Waals surface area contributed by atoms with Crippen molar-refractivity contribution in [2.24, 2.45) is 0 Å². The molecule has 1 aromatic heterocycles. The van der Waals surface area contributed by atoms with E-state index in [1.165, 1.54) is 6.26 Å². The quantitative estimate of drug-likeness (QED) is 0.808. The molecule has 1 N–H and O–H groups in total. The molecular weight excluding hydrogens is 226 g/mol. The first-order valence-electron chi connectivity index (χ1n) is 5.51. The Morgan fingerprint density at radius 3 is 2.75 bits per heavy atom. The minimum absolute atomic E-state index is 0.115. The molecule has 1 heterocycles. The number of hydrogen-bond donors (Lipinski definition) is 1. The van der Waals surface area contributed by atoms with Crippen molar-refractivity contribution in [2.45, 2.75) is 39.2 Å². The van der Waals surface area contributed by atoms with Gasteiger partial charge in [0.2, 0.25) is 0 Å². The fourth-order valence-corrected chi connectivity index (χ4v) is 1.63. The van der Waals surface area contributed by atoms with Crippen LogP contribution in [0.15, 0.2) is 16.7 Å². The van der Waals surface area contributed by atoms with E-state index in [0.717, 1.165) is 6.42 Å². The van der Waals surface area contributed by atoms with Crippen LogP contribution in [0, 0.1) is 0 Å². The average molecular weight is 244 g/mol. The maximum Gasteiger partial charge on any atom is 0.255 e. The van der Waals surface area contributed by atoms with Crippen LogP contribution in [0.2, 0.25) is 0 Å². The van der Waals surface area contributed by atoms with E-state index in [0.29, 0.717) is 23.6 Å². The molecule has 4 heteroatoms. The van der Waals surface area contributed by atoms with Crippen molar-refractivity contribution in [2.75, 3.05) is 5.88 Å². The fraction of sp³-hybridized carbons (Fsp3) is 0.583. The third kappa shape index (κ3) is 2.79. The van der Waals surface area contributed by atoms with Crippen LogP contribution in [0.5, 0.6) is 0 Å². The van der Waals surface area contributed by atoms with Gasteiger partial charge in [-0.15, -0.1) is 11.6 Å². The number of alkyl halides is 1. The number of carbonyl (C=O) groups is 1. The van der Waals surface area contributed by atoms with Crippen molar-refractivity contribution in [3.8, 4) is 0 Å². The van der Waals surface area contributed by atoms with Gasteiger partial charge < -0.3 is 9.73 Å². The van der Waals surface area contributed by atoms with Crippen molar-refractivity contribution in [1.29, 1.82) is 0 Å². The predicted molar refractivity (Wildman–Crippen MR) is 65.0 cm³/mol. The molecular formula is C12H18ClNO2. The number of rotatable bonds is 5. The Bertz CT molecular complexity index is 356. The minimum atomic E-state index is -0.360. The molecule has 0 aliphatic heterocycles. The van der Waals surface area contributed by atoms with Gasteiger partial charge in [-0.25, -0.2) is 0 Å². The van der Waals surface area contributed by atoms with Crippen LogP contribution in [0.25, 0.3) is 0 Å². The summed E-state index contributed by atoms with van der Waals surface area (Å²) in [5.41, 5.74) is 0.244. The Balaban J connectivity index is 2.80. The van der Waals surface area contributed by atoms with E-state index in [1.807, 2.05) is 20.8 Å². The molecule has 0 bridgehead atoms. The second-order valence-corrected chi connectivity index (χ2v) is 4.38. The second-order valence-electron chi connectivity index (χ2n) is 4.11. The van der Waals surface area contributed by atoms with Gasteiger partial charge in [0.1, 0.15) is 5.76 Å². The van der Waals surface area contributed by atoms with Crippen LogP contribution >= 0.6 is 11.6 Å². The predicted octanol–water partition coefficient (Wildman–Crippen LogP) is 2.98. The lowest BCUT2D eigenvalue weighted by Gasteiger charge is -2.26. The molecule has 0 fully saturated rings. The molecule has 16 heavy (non-hydrogen) atoms. The van der Waals surface area contributed by atoms with E-state index in [9.17, 15) is 4.79 Å². The number of amides is 1. The van der Waals surface area contributed by atoms with Crippen LogP contribution in [0.4, 0.5) is 0 Å². The van der Waals surface area contributed by atoms with E-state index < -0.39 is 0 Å². The van der Waals surface area contributed by atoms with E-state index in [2.05, 4.69) is 5.32 Å². The summed E-state index contributed by atoms with van der Waals surface area (Å²) in [4.78, 5) is 12.0. The number of aryl methyl sites for hydroxylation is 1. The van der Waals surface area contributed by atoms with Crippen molar-refractivity contribution in [3.05, 3.63) is 23.7 Å². The highest BCUT2D eigenvalue weighted by Gasteiger charge is 2.25. The Morgan fingerprint density at radius 2 is 2.25 bits per heavy atom.